The van der Waals surface area contributed by atoms with Gasteiger partial charge in [-0.3, -0.25) is 9.98 Å². The molecule has 0 aromatic carbocycles. The van der Waals surface area contributed by atoms with Gasteiger partial charge in [-0.25, -0.2) is 0 Å². The SMILES string of the molecule is C=C(/C=C\C1=C(C)CN(C)CC1)NC(=NC)N/C=C1\CN(C)CC[C@@]1(C)CCOC.CC.CC.CN=C/C=C\C=C\CNC. The van der Waals surface area contributed by atoms with Crippen LogP contribution >= 0.6 is 0 Å². The van der Waals surface area contributed by atoms with E-state index in [2.05, 4.69) is 82.5 Å². The van der Waals surface area contributed by atoms with Crippen LogP contribution in [-0.4, -0.2) is 104 Å². The number of hydrogen-bond donors (Lipinski definition) is 3. The molecule has 44 heavy (non-hydrogen) atoms. The van der Waals surface area contributed by atoms with E-state index in [1.807, 2.05) is 65.1 Å². The number of ether oxygens (including phenoxy) is 1. The molecule has 2 aliphatic rings. The Hall–Kier alpha value is -2.78. The maximum Gasteiger partial charge on any atom is 0.199 e. The van der Waals surface area contributed by atoms with Crippen LogP contribution in [0.15, 0.2) is 81.6 Å². The predicted octanol–water partition coefficient (Wildman–Crippen LogP) is 6.21. The number of likely N-dealkylation sites (tertiary alicyclic amines) is 1. The second kappa shape index (κ2) is 27.7. The molecule has 1 fully saturated rings. The van der Waals surface area contributed by atoms with Crippen LogP contribution in [0.5, 0.6) is 0 Å². The molecule has 0 radical (unpaired) electrons. The zero-order valence-corrected chi connectivity index (χ0v) is 30.4. The zero-order chi connectivity index (χ0) is 33.8. The maximum absolute atomic E-state index is 5.35. The fourth-order valence-corrected chi connectivity index (χ4v) is 4.50. The molecule has 8 nitrogen and oxygen atoms in total. The van der Waals surface area contributed by atoms with Crippen LogP contribution in [0.3, 0.4) is 0 Å². The van der Waals surface area contributed by atoms with Crippen molar-refractivity contribution in [3.63, 3.8) is 0 Å². The Morgan fingerprint density at radius 3 is 2.32 bits per heavy atom. The topological polar surface area (TPSA) is 76.5 Å². The Morgan fingerprint density at radius 1 is 1.05 bits per heavy atom. The summed E-state index contributed by atoms with van der Waals surface area (Å²) >= 11 is 0. The Bertz CT molecular complexity index is 971. The van der Waals surface area contributed by atoms with Crippen molar-refractivity contribution in [2.75, 3.05) is 81.7 Å². The molecule has 0 unspecified atom stereocenters. The Labute approximate surface area is 271 Å². The van der Waals surface area contributed by atoms with Gasteiger partial charge < -0.3 is 30.5 Å². The third-order valence-electron chi connectivity index (χ3n) is 7.22. The minimum absolute atomic E-state index is 0.142. The zero-order valence-electron chi connectivity index (χ0n) is 30.4. The largest absolute Gasteiger partial charge is 0.385 e. The summed E-state index contributed by atoms with van der Waals surface area (Å²) in [6.07, 6.45) is 19.2. The number of aliphatic imine (C=N–C) groups is 2. The third kappa shape index (κ3) is 19.5. The molecule has 2 aliphatic heterocycles. The summed E-state index contributed by atoms with van der Waals surface area (Å²) in [5, 5.41) is 9.67. The maximum atomic E-state index is 5.35. The van der Waals surface area contributed by atoms with Crippen molar-refractivity contribution in [2.24, 2.45) is 15.4 Å². The number of methoxy groups -OCH3 is 1. The van der Waals surface area contributed by atoms with Crippen molar-refractivity contribution in [1.82, 2.24) is 25.8 Å². The highest BCUT2D eigenvalue weighted by Crippen LogP contribution is 2.38. The molecule has 252 valence electrons. The molecule has 0 spiro atoms. The molecule has 0 aromatic heterocycles. The molecule has 0 aromatic rings. The second-order valence-corrected chi connectivity index (χ2v) is 10.7. The van der Waals surface area contributed by atoms with E-state index < -0.39 is 0 Å². The first-order valence-corrected chi connectivity index (χ1v) is 16.2. The standard InChI is InChI=1S/C24H41N5O.C8H14N2.2C2H6/c1-19-17-28(5)13-10-21(19)9-8-20(2)27-23(25-4)26-16-22-18-29(6)14-11-24(22,3)12-15-30-7;1-9-7-5-3-4-6-8-10-2;2*1-2/h8-9,16H,2,10-15,17-18H2,1,3-7H3,(H2,25,26,27);3-7,10H,8H2,1-2H3;2*1-2H3/b9-8-,22-16+;5-3-,6-4+,9-7?;;/t24-;;;/m0.../s1. The number of likely N-dealkylation sites (N-methyl/N-ethyl adjacent to an activating group) is 3. The van der Waals surface area contributed by atoms with Gasteiger partial charge >= 0.3 is 0 Å². The first-order chi connectivity index (χ1) is 21.2. The summed E-state index contributed by atoms with van der Waals surface area (Å²) in [7, 11) is 11.6. The summed E-state index contributed by atoms with van der Waals surface area (Å²) < 4.78 is 5.35. The molecular formula is C36H67N7O. The van der Waals surface area contributed by atoms with Gasteiger partial charge in [0.05, 0.1) is 0 Å². The lowest BCUT2D eigenvalue weighted by Gasteiger charge is -2.40. The molecule has 3 N–H and O–H groups in total. The number of hydrogen-bond acceptors (Lipinski definition) is 6. The smallest absolute Gasteiger partial charge is 0.199 e. The van der Waals surface area contributed by atoms with Gasteiger partial charge in [0.15, 0.2) is 5.96 Å². The quantitative estimate of drug-likeness (QED) is 0.146. The lowest BCUT2D eigenvalue weighted by atomic mass is 9.74. The number of nitrogens with zero attached hydrogens (tertiary/aromatic N) is 4. The summed E-state index contributed by atoms with van der Waals surface area (Å²) in [5.74, 6) is 0.702. The van der Waals surface area contributed by atoms with Gasteiger partial charge in [-0.15, -0.1) is 0 Å². The first kappa shape index (κ1) is 43.3. The van der Waals surface area contributed by atoms with Crippen molar-refractivity contribution < 1.29 is 4.74 Å². The summed E-state index contributed by atoms with van der Waals surface area (Å²) in [6, 6.07) is 0. The van der Waals surface area contributed by atoms with E-state index >= 15 is 0 Å². The minimum atomic E-state index is 0.142. The van der Waals surface area contributed by atoms with Crippen LogP contribution in [0.1, 0.15) is 60.8 Å². The Kier molecular flexibility index (Phi) is 27.3. The van der Waals surface area contributed by atoms with Gasteiger partial charge in [0.1, 0.15) is 0 Å². The molecule has 8 heteroatoms. The molecule has 1 saturated heterocycles. The average molecular weight is 614 g/mol. The Balaban J connectivity index is 0. The van der Waals surface area contributed by atoms with Gasteiger partial charge in [0.25, 0.3) is 0 Å². The highest BCUT2D eigenvalue weighted by molar-refractivity contribution is 5.82. The number of allylic oxidation sites excluding steroid dienone is 5. The molecule has 0 bridgehead atoms. The van der Waals surface area contributed by atoms with Crippen molar-refractivity contribution >= 4 is 12.2 Å². The number of nitrogens with one attached hydrogen (secondary N) is 3. The Morgan fingerprint density at radius 2 is 1.73 bits per heavy atom. The van der Waals surface area contributed by atoms with E-state index in [1.54, 1.807) is 27.4 Å². The summed E-state index contributed by atoms with van der Waals surface area (Å²) in [6.45, 7) is 22.6. The van der Waals surface area contributed by atoms with E-state index in [0.717, 1.165) is 64.3 Å². The fraction of sp³-hybridized carbons (Fsp3) is 0.611. The van der Waals surface area contributed by atoms with Crippen LogP contribution < -0.4 is 16.0 Å². The van der Waals surface area contributed by atoms with Crippen LogP contribution in [0.2, 0.25) is 0 Å². The molecule has 1 atom stereocenters. The summed E-state index contributed by atoms with van der Waals surface area (Å²) in [5.41, 5.74) is 5.17. The van der Waals surface area contributed by atoms with E-state index in [9.17, 15) is 0 Å². The van der Waals surface area contributed by atoms with E-state index in [0.29, 0.717) is 5.96 Å². The molecule has 0 saturated carbocycles. The number of guanidine groups is 1. The van der Waals surface area contributed by atoms with Crippen molar-refractivity contribution in [3.8, 4) is 0 Å². The van der Waals surface area contributed by atoms with Crippen LogP contribution in [0, 0.1) is 5.41 Å². The molecule has 0 amide bonds. The van der Waals surface area contributed by atoms with E-state index in [-0.39, 0.29) is 5.41 Å². The number of piperidine rings is 1. The van der Waals surface area contributed by atoms with Gasteiger partial charge in [0.2, 0.25) is 0 Å². The fourth-order valence-electron chi connectivity index (χ4n) is 4.50. The molecule has 2 heterocycles. The second-order valence-electron chi connectivity index (χ2n) is 10.7. The monoisotopic (exact) mass is 614 g/mol. The predicted molar refractivity (Wildman–Crippen MR) is 197 cm³/mol. The van der Waals surface area contributed by atoms with Gasteiger partial charge in [0, 0.05) is 72.1 Å². The lowest BCUT2D eigenvalue weighted by Crippen LogP contribution is -2.41. The third-order valence-corrected chi connectivity index (χ3v) is 7.22. The lowest BCUT2D eigenvalue weighted by molar-refractivity contribution is 0.128. The van der Waals surface area contributed by atoms with E-state index in [1.165, 1.54) is 16.7 Å². The number of rotatable bonds is 11. The molecular weight excluding hydrogens is 546 g/mol. The average Bonchev–Trinajstić information content (AvgIpc) is 3.03. The molecule has 2 rings (SSSR count). The van der Waals surface area contributed by atoms with Crippen molar-refractivity contribution in [1.29, 1.82) is 0 Å². The van der Waals surface area contributed by atoms with E-state index in [4.69, 9.17) is 4.74 Å². The van der Waals surface area contributed by atoms with Crippen molar-refractivity contribution in [2.45, 2.75) is 60.8 Å². The van der Waals surface area contributed by atoms with Gasteiger partial charge in [-0.2, -0.15) is 0 Å². The van der Waals surface area contributed by atoms with Gasteiger partial charge in [-0.1, -0.05) is 71.1 Å². The highest BCUT2D eigenvalue weighted by atomic mass is 16.5. The summed E-state index contributed by atoms with van der Waals surface area (Å²) in [4.78, 5) is 12.9. The van der Waals surface area contributed by atoms with Crippen LogP contribution in [-0.2, 0) is 4.74 Å². The van der Waals surface area contributed by atoms with Crippen molar-refractivity contribution in [3.05, 3.63) is 71.7 Å². The van der Waals surface area contributed by atoms with Crippen LogP contribution in [0.25, 0.3) is 0 Å². The minimum Gasteiger partial charge on any atom is -0.385 e. The van der Waals surface area contributed by atoms with Crippen LogP contribution in [0.4, 0.5) is 0 Å². The highest BCUT2D eigenvalue weighted by Gasteiger charge is 2.33. The normalized spacial score (nSPS) is 20.8. The van der Waals surface area contributed by atoms with Gasteiger partial charge in [-0.05, 0) is 82.6 Å². The molecule has 0 aliphatic carbocycles. The first-order valence-electron chi connectivity index (χ1n) is 16.2.